The summed E-state index contributed by atoms with van der Waals surface area (Å²) in [5.74, 6) is -0.0379. The van der Waals surface area contributed by atoms with Crippen LogP contribution in [0.15, 0.2) is 0 Å². The number of nitrogens with zero attached hydrogens (tertiary/aromatic N) is 1. The highest BCUT2D eigenvalue weighted by molar-refractivity contribution is 5.81. The SMILES string of the molecule is CC[C@H](N)C(=O)N(CCOC)C(C)COC. The number of ether oxygens (including phenoxy) is 2. The molecule has 0 radical (unpaired) electrons. The van der Waals surface area contributed by atoms with E-state index in [4.69, 9.17) is 15.2 Å². The van der Waals surface area contributed by atoms with Crippen molar-refractivity contribution < 1.29 is 14.3 Å². The minimum Gasteiger partial charge on any atom is -0.383 e. The Kier molecular flexibility index (Phi) is 8.15. The molecule has 5 heteroatoms. The van der Waals surface area contributed by atoms with Crippen LogP contribution in [-0.4, -0.2) is 56.9 Å². The second-order valence-electron chi connectivity index (χ2n) is 3.84. The van der Waals surface area contributed by atoms with Crippen molar-refractivity contribution in [2.24, 2.45) is 5.73 Å². The van der Waals surface area contributed by atoms with Gasteiger partial charge in [-0.2, -0.15) is 0 Å². The van der Waals surface area contributed by atoms with Crippen LogP contribution in [0.5, 0.6) is 0 Å². The molecule has 0 fully saturated rings. The molecule has 0 aliphatic rings. The smallest absolute Gasteiger partial charge is 0.239 e. The zero-order valence-electron chi connectivity index (χ0n) is 10.7. The Morgan fingerprint density at radius 1 is 1.38 bits per heavy atom. The summed E-state index contributed by atoms with van der Waals surface area (Å²) in [6, 6.07) is -0.415. The van der Waals surface area contributed by atoms with Gasteiger partial charge in [0.25, 0.3) is 0 Å². The first kappa shape index (κ1) is 15.3. The molecule has 0 saturated carbocycles. The van der Waals surface area contributed by atoms with Crippen LogP contribution in [0.3, 0.4) is 0 Å². The molecule has 16 heavy (non-hydrogen) atoms. The first-order valence-corrected chi connectivity index (χ1v) is 5.62. The number of nitrogens with two attached hydrogens (primary N) is 1. The maximum Gasteiger partial charge on any atom is 0.239 e. The maximum atomic E-state index is 12.0. The quantitative estimate of drug-likeness (QED) is 0.651. The Morgan fingerprint density at radius 2 is 2.00 bits per heavy atom. The fraction of sp³-hybridized carbons (Fsp3) is 0.909. The Hall–Kier alpha value is -0.650. The van der Waals surface area contributed by atoms with Gasteiger partial charge in [-0.3, -0.25) is 4.79 Å². The van der Waals surface area contributed by atoms with Crippen molar-refractivity contribution in [1.29, 1.82) is 0 Å². The first-order chi connectivity index (χ1) is 7.58. The number of carbonyl (C=O) groups is 1. The molecule has 2 atom stereocenters. The van der Waals surface area contributed by atoms with Crippen LogP contribution in [0.1, 0.15) is 20.3 Å². The third-order valence-electron chi connectivity index (χ3n) is 2.52. The third-order valence-corrected chi connectivity index (χ3v) is 2.52. The average molecular weight is 232 g/mol. The van der Waals surface area contributed by atoms with Crippen LogP contribution < -0.4 is 5.73 Å². The maximum absolute atomic E-state index is 12.0. The highest BCUT2D eigenvalue weighted by Gasteiger charge is 2.23. The van der Waals surface area contributed by atoms with Gasteiger partial charge < -0.3 is 20.1 Å². The lowest BCUT2D eigenvalue weighted by Gasteiger charge is -2.30. The zero-order chi connectivity index (χ0) is 12.6. The van der Waals surface area contributed by atoms with Crippen molar-refractivity contribution >= 4 is 5.91 Å². The van der Waals surface area contributed by atoms with Gasteiger partial charge in [0.2, 0.25) is 5.91 Å². The number of rotatable bonds is 8. The van der Waals surface area contributed by atoms with E-state index < -0.39 is 6.04 Å². The molecule has 0 spiro atoms. The van der Waals surface area contributed by atoms with Crippen molar-refractivity contribution in [3.05, 3.63) is 0 Å². The normalized spacial score (nSPS) is 14.6. The molecule has 96 valence electrons. The summed E-state index contributed by atoms with van der Waals surface area (Å²) in [5, 5.41) is 0. The largest absolute Gasteiger partial charge is 0.383 e. The average Bonchev–Trinajstić information content (AvgIpc) is 2.28. The van der Waals surface area contributed by atoms with Crippen LogP contribution >= 0.6 is 0 Å². The summed E-state index contributed by atoms with van der Waals surface area (Å²) in [7, 11) is 3.23. The van der Waals surface area contributed by atoms with Crippen LogP contribution in [0, 0.1) is 0 Å². The molecule has 0 aliphatic carbocycles. The van der Waals surface area contributed by atoms with Gasteiger partial charge in [0.05, 0.1) is 25.3 Å². The van der Waals surface area contributed by atoms with Gasteiger partial charge in [-0.25, -0.2) is 0 Å². The molecule has 0 aromatic carbocycles. The number of carbonyl (C=O) groups excluding carboxylic acids is 1. The van der Waals surface area contributed by atoms with Gasteiger partial charge in [-0.1, -0.05) is 6.92 Å². The summed E-state index contributed by atoms with van der Waals surface area (Å²) in [4.78, 5) is 13.7. The van der Waals surface area contributed by atoms with Crippen molar-refractivity contribution in [3.8, 4) is 0 Å². The molecular weight excluding hydrogens is 208 g/mol. The van der Waals surface area contributed by atoms with Crippen LogP contribution in [0.4, 0.5) is 0 Å². The highest BCUT2D eigenvalue weighted by atomic mass is 16.5. The molecule has 0 aliphatic heterocycles. The van der Waals surface area contributed by atoms with Crippen LogP contribution in [-0.2, 0) is 14.3 Å². The molecule has 0 bridgehead atoms. The van der Waals surface area contributed by atoms with Crippen LogP contribution in [0.2, 0.25) is 0 Å². The van der Waals surface area contributed by atoms with Crippen molar-refractivity contribution in [1.82, 2.24) is 4.90 Å². The van der Waals surface area contributed by atoms with E-state index in [2.05, 4.69) is 0 Å². The summed E-state index contributed by atoms with van der Waals surface area (Å²) >= 11 is 0. The second-order valence-corrected chi connectivity index (χ2v) is 3.84. The summed E-state index contributed by atoms with van der Waals surface area (Å²) < 4.78 is 10.0. The van der Waals surface area contributed by atoms with E-state index in [1.165, 1.54) is 0 Å². The monoisotopic (exact) mass is 232 g/mol. The third kappa shape index (κ3) is 4.92. The van der Waals surface area contributed by atoms with E-state index in [1.54, 1.807) is 19.1 Å². The molecule has 1 amide bonds. The standard InChI is InChI=1S/C11H24N2O3/c1-5-10(12)11(14)13(6-7-15-3)9(2)8-16-4/h9-10H,5-8,12H2,1-4H3/t9?,10-/m0/s1. The summed E-state index contributed by atoms with van der Waals surface area (Å²) in [5.41, 5.74) is 5.75. The van der Waals surface area contributed by atoms with Crippen molar-refractivity contribution in [2.75, 3.05) is 34.0 Å². The summed E-state index contributed by atoms with van der Waals surface area (Å²) in [6.45, 7) is 5.41. The van der Waals surface area contributed by atoms with Gasteiger partial charge in [0.15, 0.2) is 0 Å². The lowest BCUT2D eigenvalue weighted by Crippen LogP contribution is -2.50. The molecule has 1 unspecified atom stereocenters. The van der Waals surface area contributed by atoms with E-state index in [0.717, 1.165) is 0 Å². The predicted octanol–water partition coefficient (Wildman–Crippen LogP) is 0.234. The molecule has 2 N–H and O–H groups in total. The highest BCUT2D eigenvalue weighted by Crippen LogP contribution is 2.04. The lowest BCUT2D eigenvalue weighted by molar-refractivity contribution is -0.136. The van der Waals surface area contributed by atoms with E-state index >= 15 is 0 Å². The number of hydrogen-bond acceptors (Lipinski definition) is 4. The van der Waals surface area contributed by atoms with E-state index in [0.29, 0.717) is 26.2 Å². The predicted molar refractivity (Wildman–Crippen MR) is 63.2 cm³/mol. The second kappa shape index (κ2) is 8.50. The van der Waals surface area contributed by atoms with E-state index in [-0.39, 0.29) is 11.9 Å². The molecule has 0 heterocycles. The topological polar surface area (TPSA) is 64.8 Å². The molecule has 0 rings (SSSR count). The van der Waals surface area contributed by atoms with E-state index in [9.17, 15) is 4.79 Å². The minimum absolute atomic E-state index is 0.0187. The van der Waals surface area contributed by atoms with Crippen molar-refractivity contribution in [2.45, 2.75) is 32.4 Å². The first-order valence-electron chi connectivity index (χ1n) is 5.62. The Bertz CT molecular complexity index is 200. The molecule has 5 nitrogen and oxygen atoms in total. The minimum atomic E-state index is -0.434. The molecule has 0 aromatic heterocycles. The zero-order valence-corrected chi connectivity index (χ0v) is 10.7. The molecular formula is C11H24N2O3. The lowest BCUT2D eigenvalue weighted by atomic mass is 10.2. The number of methoxy groups -OCH3 is 2. The van der Waals surface area contributed by atoms with Gasteiger partial charge in [0, 0.05) is 20.8 Å². The van der Waals surface area contributed by atoms with Gasteiger partial charge in [0.1, 0.15) is 0 Å². The van der Waals surface area contributed by atoms with Gasteiger partial charge >= 0.3 is 0 Å². The van der Waals surface area contributed by atoms with Crippen molar-refractivity contribution in [3.63, 3.8) is 0 Å². The Balaban J connectivity index is 4.45. The van der Waals surface area contributed by atoms with Gasteiger partial charge in [-0.05, 0) is 13.3 Å². The molecule has 0 saturated heterocycles. The number of hydrogen-bond donors (Lipinski definition) is 1. The summed E-state index contributed by atoms with van der Waals surface area (Å²) in [6.07, 6.45) is 0.641. The Morgan fingerprint density at radius 3 is 2.44 bits per heavy atom. The fourth-order valence-corrected chi connectivity index (χ4v) is 1.46. The van der Waals surface area contributed by atoms with Gasteiger partial charge in [-0.15, -0.1) is 0 Å². The van der Waals surface area contributed by atoms with E-state index in [1.807, 2.05) is 13.8 Å². The fourth-order valence-electron chi connectivity index (χ4n) is 1.46. The number of amides is 1. The molecule has 0 aromatic rings. The van der Waals surface area contributed by atoms with Crippen LogP contribution in [0.25, 0.3) is 0 Å². The Labute approximate surface area is 97.9 Å².